The van der Waals surface area contributed by atoms with Crippen LogP contribution in [0.15, 0.2) is 55.0 Å². The van der Waals surface area contributed by atoms with Gasteiger partial charge in [0.25, 0.3) is 0 Å². The molecule has 0 aliphatic heterocycles. The molecule has 0 unspecified atom stereocenters. The molecule has 34 heavy (non-hydrogen) atoms. The van der Waals surface area contributed by atoms with Crippen molar-refractivity contribution in [2.24, 2.45) is 0 Å². The van der Waals surface area contributed by atoms with Gasteiger partial charge >= 0.3 is 6.09 Å². The number of hydrogen-bond donors (Lipinski definition) is 0. The highest BCUT2D eigenvalue weighted by atomic mass is 35.5. The molecular formula is C25H25ClN6O2. The minimum Gasteiger partial charge on any atom is -0.443 e. The third kappa shape index (κ3) is 4.72. The Morgan fingerprint density at radius 2 is 1.88 bits per heavy atom. The summed E-state index contributed by atoms with van der Waals surface area (Å²) in [5.41, 5.74) is 2.86. The van der Waals surface area contributed by atoms with E-state index in [0.29, 0.717) is 28.4 Å². The first-order valence-corrected chi connectivity index (χ1v) is 11.6. The maximum Gasteiger partial charge on any atom is 0.416 e. The van der Waals surface area contributed by atoms with E-state index in [0.717, 1.165) is 29.5 Å². The number of hydrogen-bond acceptors (Lipinski definition) is 6. The standard InChI is InChI=1S/C25H25ClN6O2/c1-25(2,3)34-24(33)31(15-16-5-7-18(8-6-16)22-27-11-4-12-28-22)21-13-20(26)30-23-19(17-9-10-17)14-29-32(21)23/h4-8,11-14,17H,9-10,15H2,1-3H3. The molecule has 1 fully saturated rings. The summed E-state index contributed by atoms with van der Waals surface area (Å²) < 4.78 is 7.41. The molecule has 174 valence electrons. The smallest absolute Gasteiger partial charge is 0.416 e. The highest BCUT2D eigenvalue weighted by molar-refractivity contribution is 6.29. The van der Waals surface area contributed by atoms with Gasteiger partial charge in [-0.2, -0.15) is 9.61 Å². The molecule has 3 heterocycles. The summed E-state index contributed by atoms with van der Waals surface area (Å²) in [6, 6.07) is 11.2. The molecule has 5 rings (SSSR count). The average molecular weight is 477 g/mol. The van der Waals surface area contributed by atoms with Gasteiger partial charge in [-0.25, -0.2) is 19.7 Å². The molecule has 0 atom stereocenters. The van der Waals surface area contributed by atoms with Crippen LogP contribution in [-0.4, -0.2) is 36.3 Å². The van der Waals surface area contributed by atoms with Gasteiger partial charge in [-0.05, 0) is 51.2 Å². The monoisotopic (exact) mass is 476 g/mol. The number of carbonyl (C=O) groups excluding carboxylic acids is 1. The van der Waals surface area contributed by atoms with Crippen LogP contribution in [-0.2, 0) is 11.3 Å². The minimum atomic E-state index is -0.664. The molecule has 1 aromatic carbocycles. The van der Waals surface area contributed by atoms with Gasteiger partial charge in [0.1, 0.15) is 16.6 Å². The Labute approximate surface area is 202 Å². The SMILES string of the molecule is CC(C)(C)OC(=O)N(Cc1ccc(-c2ncccn2)cc1)c1cc(Cl)nc2c(C3CC3)cnn12. The van der Waals surface area contributed by atoms with E-state index < -0.39 is 11.7 Å². The van der Waals surface area contributed by atoms with E-state index in [1.165, 1.54) is 0 Å². The number of fused-ring (bicyclic) bond motifs is 1. The second kappa shape index (κ2) is 8.68. The summed E-state index contributed by atoms with van der Waals surface area (Å²) in [4.78, 5) is 28.0. The fourth-order valence-corrected chi connectivity index (χ4v) is 3.93. The van der Waals surface area contributed by atoms with E-state index in [4.69, 9.17) is 16.3 Å². The molecule has 8 nitrogen and oxygen atoms in total. The summed E-state index contributed by atoms with van der Waals surface area (Å²) in [7, 11) is 0. The average Bonchev–Trinajstić information content (AvgIpc) is 3.56. The lowest BCUT2D eigenvalue weighted by Gasteiger charge is -2.27. The van der Waals surface area contributed by atoms with Crippen LogP contribution in [0.4, 0.5) is 10.6 Å². The Morgan fingerprint density at radius 1 is 1.18 bits per heavy atom. The van der Waals surface area contributed by atoms with Crippen LogP contribution in [0.2, 0.25) is 5.15 Å². The van der Waals surface area contributed by atoms with E-state index in [9.17, 15) is 4.79 Å². The maximum atomic E-state index is 13.3. The fraction of sp³-hybridized carbons (Fsp3) is 0.320. The Balaban J connectivity index is 1.52. The Bertz CT molecular complexity index is 1330. The van der Waals surface area contributed by atoms with Crippen molar-refractivity contribution in [2.75, 3.05) is 4.90 Å². The lowest BCUT2D eigenvalue weighted by Crippen LogP contribution is -2.37. The van der Waals surface area contributed by atoms with Crippen molar-refractivity contribution in [2.45, 2.75) is 51.7 Å². The summed E-state index contributed by atoms with van der Waals surface area (Å²) in [5.74, 6) is 1.59. The number of halogens is 1. The Kier molecular flexibility index (Phi) is 5.69. The number of carbonyl (C=O) groups is 1. The zero-order chi connectivity index (χ0) is 23.9. The van der Waals surface area contributed by atoms with Crippen LogP contribution in [0.1, 0.15) is 50.7 Å². The normalized spacial score (nSPS) is 13.8. The van der Waals surface area contributed by atoms with Crippen LogP contribution < -0.4 is 4.90 Å². The predicted octanol–water partition coefficient (Wildman–Crippen LogP) is 5.66. The first-order chi connectivity index (χ1) is 16.3. The highest BCUT2D eigenvalue weighted by Gasteiger charge is 2.31. The van der Waals surface area contributed by atoms with Crippen molar-refractivity contribution in [3.63, 3.8) is 0 Å². The molecule has 4 aromatic rings. The quantitative estimate of drug-likeness (QED) is 0.345. The van der Waals surface area contributed by atoms with Crippen molar-refractivity contribution in [3.8, 4) is 11.4 Å². The largest absolute Gasteiger partial charge is 0.443 e. The number of nitrogens with zero attached hydrogens (tertiary/aromatic N) is 6. The van der Waals surface area contributed by atoms with Gasteiger partial charge in [-0.3, -0.25) is 4.90 Å². The zero-order valence-corrected chi connectivity index (χ0v) is 20.0. The Morgan fingerprint density at radius 3 is 2.53 bits per heavy atom. The van der Waals surface area contributed by atoms with Gasteiger partial charge in [-0.1, -0.05) is 35.9 Å². The number of rotatable bonds is 5. The summed E-state index contributed by atoms with van der Waals surface area (Å²) in [6.07, 6.45) is 6.96. The third-order valence-electron chi connectivity index (χ3n) is 5.48. The molecule has 3 aromatic heterocycles. The van der Waals surface area contributed by atoms with E-state index in [2.05, 4.69) is 20.1 Å². The van der Waals surface area contributed by atoms with E-state index in [1.54, 1.807) is 33.9 Å². The third-order valence-corrected chi connectivity index (χ3v) is 5.67. The minimum absolute atomic E-state index is 0.263. The topological polar surface area (TPSA) is 85.5 Å². The first-order valence-electron chi connectivity index (χ1n) is 11.2. The number of benzene rings is 1. The Hall–Kier alpha value is -3.52. The van der Waals surface area contributed by atoms with Crippen molar-refractivity contribution in [3.05, 3.63) is 71.3 Å². The molecule has 0 saturated heterocycles. The lowest BCUT2D eigenvalue weighted by atomic mass is 10.1. The summed E-state index contributed by atoms with van der Waals surface area (Å²) in [6.45, 7) is 5.78. The molecular weight excluding hydrogens is 452 g/mol. The number of anilines is 1. The number of amides is 1. The van der Waals surface area contributed by atoms with Gasteiger partial charge in [0.05, 0.1) is 12.7 Å². The lowest BCUT2D eigenvalue weighted by molar-refractivity contribution is 0.0575. The van der Waals surface area contributed by atoms with Crippen molar-refractivity contribution in [1.82, 2.24) is 24.6 Å². The van der Waals surface area contributed by atoms with E-state index in [-0.39, 0.29) is 6.54 Å². The maximum absolute atomic E-state index is 13.3. The van der Waals surface area contributed by atoms with Gasteiger partial charge in [-0.15, -0.1) is 0 Å². The highest BCUT2D eigenvalue weighted by Crippen LogP contribution is 2.42. The molecule has 1 aliphatic carbocycles. The van der Waals surface area contributed by atoms with Crippen LogP contribution >= 0.6 is 11.6 Å². The molecule has 1 aliphatic rings. The van der Waals surface area contributed by atoms with Gasteiger partial charge in [0.15, 0.2) is 11.5 Å². The van der Waals surface area contributed by atoms with Crippen LogP contribution in [0.25, 0.3) is 17.0 Å². The molecule has 0 bridgehead atoms. The van der Waals surface area contributed by atoms with Crippen molar-refractivity contribution in [1.29, 1.82) is 0 Å². The molecule has 9 heteroatoms. The van der Waals surface area contributed by atoms with Crippen LogP contribution in [0.3, 0.4) is 0 Å². The molecule has 0 N–H and O–H groups in total. The number of ether oxygens (including phenoxy) is 1. The van der Waals surface area contributed by atoms with E-state index >= 15 is 0 Å². The predicted molar refractivity (Wildman–Crippen MR) is 130 cm³/mol. The first kappa shape index (κ1) is 22.3. The number of aromatic nitrogens is 5. The van der Waals surface area contributed by atoms with Crippen LogP contribution in [0.5, 0.6) is 0 Å². The van der Waals surface area contributed by atoms with Gasteiger partial charge in [0.2, 0.25) is 0 Å². The van der Waals surface area contributed by atoms with Crippen molar-refractivity contribution < 1.29 is 9.53 Å². The summed E-state index contributed by atoms with van der Waals surface area (Å²) in [5, 5.41) is 4.85. The second-order valence-corrected chi connectivity index (χ2v) is 9.77. The van der Waals surface area contributed by atoms with Crippen molar-refractivity contribution >= 4 is 29.2 Å². The van der Waals surface area contributed by atoms with Gasteiger partial charge < -0.3 is 4.74 Å². The second-order valence-electron chi connectivity index (χ2n) is 9.38. The van der Waals surface area contributed by atoms with Crippen LogP contribution in [0, 0.1) is 0 Å². The molecule has 1 amide bonds. The molecule has 1 saturated carbocycles. The van der Waals surface area contributed by atoms with Gasteiger partial charge in [0, 0.05) is 29.6 Å². The molecule has 0 spiro atoms. The molecule has 0 radical (unpaired) electrons. The van der Waals surface area contributed by atoms with E-state index in [1.807, 2.05) is 51.2 Å². The fourth-order valence-electron chi connectivity index (χ4n) is 3.76. The zero-order valence-electron chi connectivity index (χ0n) is 19.3. The summed E-state index contributed by atoms with van der Waals surface area (Å²) >= 11 is 6.41.